The second-order valence-electron chi connectivity index (χ2n) is 7.60. The van der Waals surface area contributed by atoms with Gasteiger partial charge in [-0.3, -0.25) is 9.59 Å². The first-order chi connectivity index (χ1) is 13.4. The van der Waals surface area contributed by atoms with Gasteiger partial charge in [0.1, 0.15) is 5.70 Å². The zero-order valence-corrected chi connectivity index (χ0v) is 17.4. The van der Waals surface area contributed by atoms with Crippen molar-refractivity contribution in [2.24, 2.45) is 0 Å². The number of benzene rings is 1. The molecule has 0 spiro atoms. The summed E-state index contributed by atoms with van der Waals surface area (Å²) in [6, 6.07) is 9.61. The standard InChI is InChI=1S/C22H24N2O3S/c1-13-7-8-17(14(2)10-13)24-21(25)19(18-6-5-9-28-18)20(22(24)26)23-11-15(3)27-16(4)12-23/h5-10,15-16H,11-12H2,1-4H3. The van der Waals surface area contributed by atoms with Gasteiger partial charge in [-0.25, -0.2) is 4.90 Å². The van der Waals surface area contributed by atoms with Gasteiger partial charge in [-0.05, 0) is 50.8 Å². The van der Waals surface area contributed by atoms with Crippen molar-refractivity contribution in [1.29, 1.82) is 0 Å². The molecule has 2 atom stereocenters. The summed E-state index contributed by atoms with van der Waals surface area (Å²) in [6.45, 7) is 9.11. The molecular formula is C22H24N2O3S. The highest BCUT2D eigenvalue weighted by atomic mass is 32.1. The average molecular weight is 397 g/mol. The largest absolute Gasteiger partial charge is 0.372 e. The van der Waals surface area contributed by atoms with Crippen molar-refractivity contribution in [3.05, 3.63) is 57.4 Å². The van der Waals surface area contributed by atoms with Crippen LogP contribution in [0.5, 0.6) is 0 Å². The highest BCUT2D eigenvalue weighted by Crippen LogP contribution is 2.38. The minimum atomic E-state index is -0.249. The summed E-state index contributed by atoms with van der Waals surface area (Å²) in [7, 11) is 0. The maximum absolute atomic E-state index is 13.5. The minimum absolute atomic E-state index is 0.00102. The van der Waals surface area contributed by atoms with Gasteiger partial charge in [0.2, 0.25) is 0 Å². The second-order valence-corrected chi connectivity index (χ2v) is 8.55. The summed E-state index contributed by atoms with van der Waals surface area (Å²) in [5, 5.41) is 1.93. The Morgan fingerprint density at radius 1 is 1.04 bits per heavy atom. The molecule has 0 radical (unpaired) electrons. The molecule has 5 nitrogen and oxygen atoms in total. The minimum Gasteiger partial charge on any atom is -0.372 e. The molecule has 4 rings (SSSR count). The fourth-order valence-corrected chi connectivity index (χ4v) is 4.85. The molecule has 0 bridgehead atoms. The maximum Gasteiger partial charge on any atom is 0.282 e. The van der Waals surface area contributed by atoms with Crippen LogP contribution in [0.4, 0.5) is 5.69 Å². The Morgan fingerprint density at radius 2 is 1.75 bits per heavy atom. The van der Waals surface area contributed by atoms with Crippen LogP contribution in [0.25, 0.3) is 5.57 Å². The van der Waals surface area contributed by atoms with Gasteiger partial charge in [-0.15, -0.1) is 11.3 Å². The zero-order valence-electron chi connectivity index (χ0n) is 16.6. The normalized spacial score (nSPS) is 23.1. The fourth-order valence-electron chi connectivity index (χ4n) is 4.09. The van der Waals surface area contributed by atoms with E-state index in [4.69, 9.17) is 4.74 Å². The fraction of sp³-hybridized carbons (Fsp3) is 0.364. The number of ether oxygens (including phenoxy) is 1. The number of anilines is 1. The van der Waals surface area contributed by atoms with E-state index in [2.05, 4.69) is 0 Å². The molecule has 3 heterocycles. The molecule has 2 unspecified atom stereocenters. The molecule has 6 heteroatoms. The Kier molecular flexibility index (Phi) is 4.85. The first-order valence-corrected chi connectivity index (χ1v) is 10.4. The number of amides is 2. The van der Waals surface area contributed by atoms with Gasteiger partial charge < -0.3 is 9.64 Å². The molecule has 1 fully saturated rings. The van der Waals surface area contributed by atoms with Crippen LogP contribution < -0.4 is 4.90 Å². The molecule has 2 aromatic rings. The second kappa shape index (κ2) is 7.18. The van der Waals surface area contributed by atoms with Gasteiger partial charge >= 0.3 is 0 Å². The quantitative estimate of drug-likeness (QED) is 0.742. The van der Waals surface area contributed by atoms with E-state index in [1.54, 1.807) is 0 Å². The number of imide groups is 1. The third kappa shape index (κ3) is 3.16. The summed E-state index contributed by atoms with van der Waals surface area (Å²) >= 11 is 1.48. The van der Waals surface area contributed by atoms with Crippen molar-refractivity contribution in [1.82, 2.24) is 4.90 Å². The molecule has 1 aromatic heterocycles. The van der Waals surface area contributed by atoms with E-state index >= 15 is 0 Å². The van der Waals surface area contributed by atoms with Gasteiger partial charge in [-0.2, -0.15) is 0 Å². The van der Waals surface area contributed by atoms with E-state index in [1.807, 2.05) is 68.3 Å². The van der Waals surface area contributed by atoms with Crippen LogP contribution in [0.1, 0.15) is 29.9 Å². The van der Waals surface area contributed by atoms with Gasteiger partial charge in [0, 0.05) is 18.0 Å². The lowest BCUT2D eigenvalue weighted by atomic mass is 10.1. The van der Waals surface area contributed by atoms with Crippen LogP contribution in [0.3, 0.4) is 0 Å². The lowest BCUT2D eigenvalue weighted by Crippen LogP contribution is -2.47. The number of carbonyl (C=O) groups excluding carboxylic acids is 2. The predicted octanol–water partition coefficient (Wildman–Crippen LogP) is 3.76. The Balaban J connectivity index is 1.82. The summed E-state index contributed by atoms with van der Waals surface area (Å²) in [5.41, 5.74) is 3.66. The SMILES string of the molecule is Cc1ccc(N2C(=O)C(c3cccs3)=C(N3CC(C)OC(C)C3)C2=O)c(C)c1. The number of nitrogens with zero attached hydrogens (tertiary/aromatic N) is 2. The Bertz CT molecular complexity index is 954. The predicted molar refractivity (Wildman–Crippen MR) is 111 cm³/mol. The van der Waals surface area contributed by atoms with E-state index in [9.17, 15) is 9.59 Å². The van der Waals surface area contributed by atoms with Crippen LogP contribution >= 0.6 is 11.3 Å². The molecule has 1 aromatic carbocycles. The number of aryl methyl sites for hydroxylation is 2. The van der Waals surface area contributed by atoms with Crippen LogP contribution in [-0.2, 0) is 14.3 Å². The number of rotatable bonds is 3. The maximum atomic E-state index is 13.5. The summed E-state index contributed by atoms with van der Waals surface area (Å²) in [5.74, 6) is -0.497. The van der Waals surface area contributed by atoms with Gasteiger partial charge in [0.15, 0.2) is 0 Å². The molecule has 1 saturated heterocycles. The third-order valence-corrected chi connectivity index (χ3v) is 6.04. The van der Waals surface area contributed by atoms with Gasteiger partial charge in [0.25, 0.3) is 11.8 Å². The first-order valence-electron chi connectivity index (χ1n) is 9.51. The van der Waals surface area contributed by atoms with Crippen molar-refractivity contribution in [2.75, 3.05) is 18.0 Å². The highest BCUT2D eigenvalue weighted by molar-refractivity contribution is 7.11. The van der Waals surface area contributed by atoms with Crippen molar-refractivity contribution >= 4 is 34.4 Å². The third-order valence-electron chi connectivity index (χ3n) is 5.16. The van der Waals surface area contributed by atoms with Crippen molar-refractivity contribution in [2.45, 2.75) is 39.9 Å². The van der Waals surface area contributed by atoms with E-state index in [-0.39, 0.29) is 24.0 Å². The van der Waals surface area contributed by atoms with Gasteiger partial charge in [-0.1, -0.05) is 23.8 Å². The smallest absolute Gasteiger partial charge is 0.282 e. The van der Waals surface area contributed by atoms with E-state index in [0.717, 1.165) is 16.0 Å². The summed E-state index contributed by atoms with van der Waals surface area (Å²) < 4.78 is 5.84. The lowest BCUT2D eigenvalue weighted by Gasteiger charge is -2.37. The number of morpholine rings is 1. The number of hydrogen-bond donors (Lipinski definition) is 0. The highest BCUT2D eigenvalue weighted by Gasteiger charge is 2.44. The molecule has 2 amide bonds. The molecular weight excluding hydrogens is 372 g/mol. The Hall–Kier alpha value is -2.44. The number of thiophene rings is 1. The summed E-state index contributed by atoms with van der Waals surface area (Å²) in [6.07, 6.45) is -0.00204. The molecule has 0 N–H and O–H groups in total. The van der Waals surface area contributed by atoms with Crippen molar-refractivity contribution < 1.29 is 14.3 Å². The van der Waals surface area contributed by atoms with Crippen molar-refractivity contribution in [3.63, 3.8) is 0 Å². The van der Waals surface area contributed by atoms with Crippen LogP contribution in [0, 0.1) is 13.8 Å². The molecule has 2 aliphatic rings. The average Bonchev–Trinajstić information content (AvgIpc) is 3.21. The zero-order chi connectivity index (χ0) is 20.0. The molecule has 0 aliphatic carbocycles. The van der Waals surface area contributed by atoms with E-state index < -0.39 is 0 Å². The van der Waals surface area contributed by atoms with Crippen LogP contribution in [-0.4, -0.2) is 42.0 Å². The van der Waals surface area contributed by atoms with E-state index in [0.29, 0.717) is 30.0 Å². The monoisotopic (exact) mass is 396 g/mol. The van der Waals surface area contributed by atoms with Gasteiger partial charge in [0.05, 0.1) is 23.5 Å². The summed E-state index contributed by atoms with van der Waals surface area (Å²) in [4.78, 5) is 31.2. The molecule has 0 saturated carbocycles. The van der Waals surface area contributed by atoms with Crippen LogP contribution in [0.2, 0.25) is 0 Å². The van der Waals surface area contributed by atoms with E-state index in [1.165, 1.54) is 16.2 Å². The molecule has 2 aliphatic heterocycles. The Labute approximate surface area is 169 Å². The molecule has 146 valence electrons. The number of hydrogen-bond acceptors (Lipinski definition) is 5. The Morgan fingerprint density at radius 3 is 2.36 bits per heavy atom. The van der Waals surface area contributed by atoms with Crippen LogP contribution in [0.15, 0.2) is 41.4 Å². The lowest BCUT2D eigenvalue weighted by molar-refractivity contribution is -0.121. The van der Waals surface area contributed by atoms with Crippen molar-refractivity contribution in [3.8, 4) is 0 Å². The first kappa shape index (κ1) is 18.9. The molecule has 28 heavy (non-hydrogen) atoms. The number of carbonyl (C=O) groups is 2. The topological polar surface area (TPSA) is 49.9 Å².